The van der Waals surface area contributed by atoms with Crippen LogP contribution in [-0.4, -0.2) is 24.5 Å². The molecule has 0 radical (unpaired) electrons. The van der Waals surface area contributed by atoms with E-state index in [-0.39, 0.29) is 22.7 Å². The summed E-state index contributed by atoms with van der Waals surface area (Å²) in [5.41, 5.74) is -0.409. The fraction of sp³-hybridized carbons (Fsp3) is 0.111. The molecule has 0 aliphatic carbocycles. The number of nitrogens with one attached hydrogen (secondary N) is 1. The largest absolute Gasteiger partial charge is 0.493 e. The van der Waals surface area contributed by atoms with Crippen LogP contribution >= 0.6 is 0 Å². The molecule has 2 aromatic carbocycles. The molecule has 0 saturated carbocycles. The molecule has 1 N–H and O–H groups in total. The summed E-state index contributed by atoms with van der Waals surface area (Å²) in [6.07, 6.45) is 0. The van der Waals surface area contributed by atoms with E-state index in [1.54, 1.807) is 18.2 Å². The number of hydrogen-bond donors (Lipinski definition) is 1. The normalized spacial score (nSPS) is 10.4. The fourth-order valence-electron chi connectivity index (χ4n) is 2.42. The predicted octanol–water partition coefficient (Wildman–Crippen LogP) is 2.73. The number of nitro groups is 1. The van der Waals surface area contributed by atoms with E-state index in [0.29, 0.717) is 11.1 Å². The van der Waals surface area contributed by atoms with Crippen LogP contribution in [-0.2, 0) is 4.79 Å². The summed E-state index contributed by atoms with van der Waals surface area (Å²) >= 11 is 0. The minimum atomic E-state index is -0.596. The first-order valence-electron chi connectivity index (χ1n) is 7.76. The molecule has 9 heteroatoms. The molecular weight excluding hydrogens is 356 g/mol. The monoisotopic (exact) mass is 370 g/mol. The number of fused-ring (bicyclic) bond motifs is 1. The second kappa shape index (κ2) is 7.56. The van der Waals surface area contributed by atoms with Crippen molar-refractivity contribution in [1.29, 1.82) is 0 Å². The van der Waals surface area contributed by atoms with Gasteiger partial charge >= 0.3 is 5.63 Å². The summed E-state index contributed by atoms with van der Waals surface area (Å²) < 4.78 is 15.7. The molecule has 3 rings (SSSR count). The molecule has 0 bridgehead atoms. The van der Waals surface area contributed by atoms with Gasteiger partial charge < -0.3 is 19.2 Å². The second-order valence-electron chi connectivity index (χ2n) is 5.41. The number of anilines is 1. The summed E-state index contributed by atoms with van der Waals surface area (Å²) in [5, 5.41) is 14.0. The second-order valence-corrected chi connectivity index (χ2v) is 5.41. The van der Waals surface area contributed by atoms with Gasteiger partial charge in [0.05, 0.1) is 12.0 Å². The highest BCUT2D eigenvalue weighted by molar-refractivity contribution is 5.94. The van der Waals surface area contributed by atoms with Crippen LogP contribution in [0.1, 0.15) is 0 Å². The van der Waals surface area contributed by atoms with Crippen LogP contribution in [0.5, 0.6) is 11.5 Å². The van der Waals surface area contributed by atoms with E-state index in [2.05, 4.69) is 5.32 Å². The smallest absolute Gasteiger partial charge is 0.336 e. The molecule has 0 aliphatic heterocycles. The van der Waals surface area contributed by atoms with Crippen LogP contribution < -0.4 is 20.4 Å². The Morgan fingerprint density at radius 2 is 1.96 bits per heavy atom. The molecule has 3 aromatic rings. The van der Waals surface area contributed by atoms with E-state index in [1.165, 1.54) is 37.4 Å². The zero-order valence-corrected chi connectivity index (χ0v) is 14.1. The van der Waals surface area contributed by atoms with Crippen molar-refractivity contribution in [1.82, 2.24) is 0 Å². The number of amides is 1. The van der Waals surface area contributed by atoms with Gasteiger partial charge in [-0.2, -0.15) is 0 Å². The van der Waals surface area contributed by atoms with Crippen molar-refractivity contribution < 1.29 is 23.6 Å². The Balaban J connectivity index is 1.77. The Morgan fingerprint density at radius 1 is 1.19 bits per heavy atom. The van der Waals surface area contributed by atoms with Gasteiger partial charge in [0.1, 0.15) is 11.3 Å². The van der Waals surface area contributed by atoms with Crippen molar-refractivity contribution in [2.24, 2.45) is 0 Å². The first-order chi connectivity index (χ1) is 13.0. The molecule has 0 fully saturated rings. The molecule has 1 heterocycles. The summed E-state index contributed by atoms with van der Waals surface area (Å²) in [5.74, 6) is -0.0622. The maximum absolute atomic E-state index is 12.1. The topological polar surface area (TPSA) is 121 Å². The molecule has 138 valence electrons. The molecular formula is C18H14N2O7. The Bertz CT molecular complexity index is 1070. The van der Waals surface area contributed by atoms with Gasteiger partial charge in [-0.15, -0.1) is 0 Å². The van der Waals surface area contributed by atoms with E-state index in [4.69, 9.17) is 13.9 Å². The third-order valence-corrected chi connectivity index (χ3v) is 3.64. The number of para-hydroxylation sites is 2. The lowest BCUT2D eigenvalue weighted by Crippen LogP contribution is -2.20. The molecule has 0 saturated heterocycles. The quantitative estimate of drug-likeness (QED) is 0.402. The number of nitrogens with zero attached hydrogens (tertiary/aromatic N) is 1. The zero-order chi connectivity index (χ0) is 19.4. The van der Waals surface area contributed by atoms with Crippen LogP contribution in [0.25, 0.3) is 11.0 Å². The van der Waals surface area contributed by atoms with E-state index in [9.17, 15) is 19.7 Å². The average molecular weight is 370 g/mol. The maximum Gasteiger partial charge on any atom is 0.336 e. The summed E-state index contributed by atoms with van der Waals surface area (Å²) in [7, 11) is 1.43. The molecule has 0 spiro atoms. The average Bonchev–Trinajstić information content (AvgIpc) is 2.65. The molecule has 1 aromatic heterocycles. The van der Waals surface area contributed by atoms with Crippen molar-refractivity contribution in [2.45, 2.75) is 0 Å². The van der Waals surface area contributed by atoms with Crippen molar-refractivity contribution in [3.63, 3.8) is 0 Å². The molecule has 1 amide bonds. The van der Waals surface area contributed by atoms with Crippen LogP contribution in [0.4, 0.5) is 11.4 Å². The van der Waals surface area contributed by atoms with Crippen LogP contribution in [0.15, 0.2) is 57.7 Å². The van der Waals surface area contributed by atoms with Gasteiger partial charge in [0.15, 0.2) is 18.1 Å². The maximum atomic E-state index is 12.1. The number of carbonyl (C=O) groups is 1. The van der Waals surface area contributed by atoms with Crippen LogP contribution in [0.2, 0.25) is 0 Å². The molecule has 0 atom stereocenters. The Kier molecular flexibility index (Phi) is 5.02. The van der Waals surface area contributed by atoms with Gasteiger partial charge in [-0.25, -0.2) is 4.79 Å². The minimum absolute atomic E-state index is 0.0626. The van der Waals surface area contributed by atoms with Crippen LogP contribution in [0, 0.1) is 10.1 Å². The standard InChI is InChI=1S/C18H14N2O7/c1-25-15-8-11-6-7-18(22)27-14(11)9-16(15)26-10-17(21)19-12-4-2-3-5-13(12)20(23)24/h2-9H,10H2,1H3,(H,19,21). The van der Waals surface area contributed by atoms with Gasteiger partial charge in [-0.1, -0.05) is 12.1 Å². The van der Waals surface area contributed by atoms with Crippen molar-refractivity contribution >= 4 is 28.3 Å². The Hall–Kier alpha value is -3.88. The zero-order valence-electron chi connectivity index (χ0n) is 14.1. The summed E-state index contributed by atoms with van der Waals surface area (Å²) in [4.78, 5) is 33.8. The summed E-state index contributed by atoms with van der Waals surface area (Å²) in [6, 6.07) is 11.7. The van der Waals surface area contributed by atoms with Crippen molar-refractivity contribution in [3.05, 3.63) is 69.1 Å². The molecule has 0 unspecified atom stereocenters. The Morgan fingerprint density at radius 3 is 2.70 bits per heavy atom. The van der Waals surface area contributed by atoms with Crippen molar-refractivity contribution in [2.75, 3.05) is 19.0 Å². The highest BCUT2D eigenvalue weighted by Crippen LogP contribution is 2.32. The lowest BCUT2D eigenvalue weighted by molar-refractivity contribution is -0.383. The first kappa shape index (κ1) is 17.9. The number of methoxy groups -OCH3 is 1. The molecule has 27 heavy (non-hydrogen) atoms. The van der Waals surface area contributed by atoms with Gasteiger partial charge in [-0.05, 0) is 18.2 Å². The van der Waals surface area contributed by atoms with Gasteiger partial charge in [0, 0.05) is 23.6 Å². The van der Waals surface area contributed by atoms with Gasteiger partial charge in [0.2, 0.25) is 0 Å². The number of rotatable bonds is 6. The highest BCUT2D eigenvalue weighted by Gasteiger charge is 2.16. The SMILES string of the molecule is COc1cc2ccc(=O)oc2cc1OCC(=O)Nc1ccccc1[N+](=O)[O-]. The number of hydrogen-bond acceptors (Lipinski definition) is 7. The van der Waals surface area contributed by atoms with Crippen molar-refractivity contribution in [3.8, 4) is 11.5 Å². The minimum Gasteiger partial charge on any atom is -0.493 e. The van der Waals surface area contributed by atoms with E-state index >= 15 is 0 Å². The third-order valence-electron chi connectivity index (χ3n) is 3.64. The van der Waals surface area contributed by atoms with E-state index in [0.717, 1.165) is 0 Å². The summed E-state index contributed by atoms with van der Waals surface area (Å²) in [6.45, 7) is -0.426. The third kappa shape index (κ3) is 4.03. The number of carbonyl (C=O) groups excluding carboxylic acids is 1. The predicted molar refractivity (Wildman–Crippen MR) is 96.3 cm³/mol. The number of nitro benzene ring substituents is 1. The fourth-order valence-corrected chi connectivity index (χ4v) is 2.42. The van der Waals surface area contributed by atoms with E-state index < -0.39 is 23.1 Å². The molecule has 0 aliphatic rings. The Labute approximate surface area is 152 Å². The molecule has 9 nitrogen and oxygen atoms in total. The van der Waals surface area contributed by atoms with Crippen LogP contribution in [0.3, 0.4) is 0 Å². The van der Waals surface area contributed by atoms with Gasteiger partial charge in [0.25, 0.3) is 11.6 Å². The van der Waals surface area contributed by atoms with Gasteiger partial charge in [-0.3, -0.25) is 14.9 Å². The highest BCUT2D eigenvalue weighted by atomic mass is 16.6. The van der Waals surface area contributed by atoms with E-state index in [1.807, 2.05) is 0 Å². The lowest BCUT2D eigenvalue weighted by atomic mass is 10.2. The number of ether oxygens (including phenoxy) is 2. The first-order valence-corrected chi connectivity index (χ1v) is 7.76. The lowest BCUT2D eigenvalue weighted by Gasteiger charge is -2.11. The number of benzene rings is 2.